The number of piperazine rings is 1. The number of nitrogens with zero attached hydrogens (tertiary/aromatic N) is 4. The number of benzene rings is 2. The molecule has 1 aliphatic rings. The van der Waals surface area contributed by atoms with Crippen molar-refractivity contribution < 1.29 is 14.7 Å². The van der Waals surface area contributed by atoms with E-state index in [4.69, 9.17) is 6.57 Å². The first-order valence-electron chi connectivity index (χ1n) is 10.6. The molecule has 0 aromatic heterocycles. The summed E-state index contributed by atoms with van der Waals surface area (Å²) in [6, 6.07) is 12.1. The fourth-order valence-corrected chi connectivity index (χ4v) is 3.57. The molecule has 1 fully saturated rings. The number of carbonyl (C=O) groups is 2. The lowest BCUT2D eigenvalue weighted by Crippen LogP contribution is -2.50. The van der Waals surface area contributed by atoms with Crippen molar-refractivity contribution in [1.29, 1.82) is 0 Å². The molecule has 8 heteroatoms. The number of rotatable bonds is 7. The fourth-order valence-electron chi connectivity index (χ4n) is 3.57. The summed E-state index contributed by atoms with van der Waals surface area (Å²) >= 11 is 0. The van der Waals surface area contributed by atoms with Crippen molar-refractivity contribution >= 4 is 23.7 Å². The van der Waals surface area contributed by atoms with E-state index in [1.165, 1.54) is 6.21 Å². The van der Waals surface area contributed by atoms with E-state index in [-0.39, 0.29) is 24.1 Å². The molecule has 0 saturated carbocycles. The molecule has 1 heterocycles. The number of carbonyl (C=O) groups excluding carboxylic acids is 2. The van der Waals surface area contributed by atoms with Gasteiger partial charge in [0.1, 0.15) is 5.75 Å². The molecule has 0 bridgehead atoms. The van der Waals surface area contributed by atoms with E-state index in [2.05, 4.69) is 15.4 Å². The van der Waals surface area contributed by atoms with Gasteiger partial charge in [0.25, 0.3) is 11.8 Å². The monoisotopic (exact) mass is 433 g/mol. The summed E-state index contributed by atoms with van der Waals surface area (Å²) in [5, 5.41) is 14.2. The van der Waals surface area contributed by atoms with Gasteiger partial charge in [-0.3, -0.25) is 14.5 Å². The minimum Gasteiger partial charge on any atom is -0.507 e. The first-order chi connectivity index (χ1) is 15.5. The van der Waals surface area contributed by atoms with Gasteiger partial charge in [0, 0.05) is 37.3 Å². The molecule has 8 nitrogen and oxygen atoms in total. The van der Waals surface area contributed by atoms with Gasteiger partial charge in [-0.2, -0.15) is 5.10 Å². The highest BCUT2D eigenvalue weighted by molar-refractivity contribution is 5.94. The zero-order chi connectivity index (χ0) is 22.9. The Morgan fingerprint density at radius 2 is 1.88 bits per heavy atom. The Labute approximate surface area is 188 Å². The maximum atomic E-state index is 12.6. The van der Waals surface area contributed by atoms with Gasteiger partial charge in [0.15, 0.2) is 5.69 Å². The summed E-state index contributed by atoms with van der Waals surface area (Å²) < 4.78 is 0. The second-order valence-corrected chi connectivity index (χ2v) is 7.63. The number of amides is 2. The van der Waals surface area contributed by atoms with Crippen LogP contribution in [0.2, 0.25) is 0 Å². The zero-order valence-electron chi connectivity index (χ0n) is 18.1. The molecule has 0 radical (unpaired) electrons. The van der Waals surface area contributed by atoms with Crippen LogP contribution >= 0.6 is 0 Å². The number of hydrazone groups is 1. The molecular formula is C24H27N5O3. The number of hydrogen-bond donors (Lipinski definition) is 2. The number of nitrogens with one attached hydrogen (secondary N) is 1. The average molecular weight is 434 g/mol. The molecule has 0 spiro atoms. The van der Waals surface area contributed by atoms with E-state index in [0.717, 1.165) is 18.4 Å². The van der Waals surface area contributed by atoms with Crippen LogP contribution in [0.1, 0.15) is 34.8 Å². The number of para-hydroxylation sites is 1. The Balaban J connectivity index is 1.45. The van der Waals surface area contributed by atoms with Gasteiger partial charge in [-0.05, 0) is 18.1 Å². The predicted molar refractivity (Wildman–Crippen MR) is 123 cm³/mol. The van der Waals surface area contributed by atoms with Gasteiger partial charge in [0.05, 0.1) is 19.3 Å². The highest BCUT2D eigenvalue weighted by Gasteiger charge is 2.23. The van der Waals surface area contributed by atoms with Gasteiger partial charge in [0.2, 0.25) is 0 Å². The minimum atomic E-state index is -0.250. The maximum Gasteiger partial charge on any atom is 0.254 e. The third-order valence-electron chi connectivity index (χ3n) is 5.33. The third kappa shape index (κ3) is 5.93. The molecule has 3 rings (SSSR count). The number of aromatic hydroxyl groups is 1. The van der Waals surface area contributed by atoms with Crippen LogP contribution in [0.15, 0.2) is 47.6 Å². The lowest BCUT2D eigenvalue weighted by atomic mass is 10.1. The Bertz CT molecular complexity index is 1020. The van der Waals surface area contributed by atoms with Crippen molar-refractivity contribution in [2.75, 3.05) is 32.7 Å². The molecule has 0 atom stereocenters. The van der Waals surface area contributed by atoms with Crippen molar-refractivity contribution in [2.24, 2.45) is 5.10 Å². The van der Waals surface area contributed by atoms with E-state index >= 15 is 0 Å². The smallest absolute Gasteiger partial charge is 0.254 e. The van der Waals surface area contributed by atoms with Crippen molar-refractivity contribution in [2.45, 2.75) is 19.8 Å². The summed E-state index contributed by atoms with van der Waals surface area (Å²) in [5.41, 5.74) is 4.99. The first kappa shape index (κ1) is 23.0. The molecule has 2 N–H and O–H groups in total. The van der Waals surface area contributed by atoms with Gasteiger partial charge >= 0.3 is 0 Å². The molecule has 0 aliphatic carbocycles. The standard InChI is InChI=1S/C24H27N5O3/c1-3-5-18-6-4-7-20(23(18)31)16-26-27-22(30)17-28-12-14-29(15-13-28)24(32)19-8-10-21(25-2)11-9-19/h4,6-11,16,31H,3,5,12-15,17H2,1H3,(H,27,30)/b26-16-. The molecular weight excluding hydrogens is 406 g/mol. The summed E-state index contributed by atoms with van der Waals surface area (Å²) in [4.78, 5) is 31.9. The molecule has 2 amide bonds. The van der Waals surface area contributed by atoms with Crippen molar-refractivity contribution in [3.8, 4) is 5.75 Å². The van der Waals surface area contributed by atoms with Gasteiger partial charge in [-0.15, -0.1) is 0 Å². The second kappa shape index (κ2) is 11.1. The Hall–Kier alpha value is -3.70. The highest BCUT2D eigenvalue weighted by atomic mass is 16.3. The Morgan fingerprint density at radius 1 is 1.16 bits per heavy atom. The van der Waals surface area contributed by atoms with Crippen LogP contribution in [-0.4, -0.2) is 65.7 Å². The molecule has 1 aliphatic heterocycles. The Kier molecular flexibility index (Phi) is 7.95. The zero-order valence-corrected chi connectivity index (χ0v) is 18.1. The van der Waals surface area contributed by atoms with Gasteiger partial charge in [-0.25, -0.2) is 10.3 Å². The highest BCUT2D eigenvalue weighted by Crippen LogP contribution is 2.22. The minimum absolute atomic E-state index is 0.0691. The Morgan fingerprint density at radius 3 is 2.53 bits per heavy atom. The van der Waals surface area contributed by atoms with Crippen LogP contribution in [0.25, 0.3) is 4.85 Å². The molecule has 1 saturated heterocycles. The van der Waals surface area contributed by atoms with E-state index in [9.17, 15) is 14.7 Å². The number of hydrogen-bond acceptors (Lipinski definition) is 5. The second-order valence-electron chi connectivity index (χ2n) is 7.63. The van der Waals surface area contributed by atoms with Gasteiger partial charge < -0.3 is 10.0 Å². The summed E-state index contributed by atoms with van der Waals surface area (Å²) in [7, 11) is 0. The lowest BCUT2D eigenvalue weighted by Gasteiger charge is -2.34. The van der Waals surface area contributed by atoms with E-state index in [1.807, 2.05) is 24.0 Å². The normalized spacial score (nSPS) is 14.3. The van der Waals surface area contributed by atoms with Crippen LogP contribution in [0, 0.1) is 6.57 Å². The number of aryl methyl sites for hydroxylation is 1. The van der Waals surface area contributed by atoms with E-state index < -0.39 is 0 Å². The van der Waals surface area contributed by atoms with Crippen LogP contribution < -0.4 is 5.43 Å². The van der Waals surface area contributed by atoms with E-state index in [1.54, 1.807) is 35.2 Å². The van der Waals surface area contributed by atoms with Crippen LogP contribution in [-0.2, 0) is 11.2 Å². The van der Waals surface area contributed by atoms with Crippen LogP contribution in [0.5, 0.6) is 5.75 Å². The summed E-state index contributed by atoms with van der Waals surface area (Å²) in [5.74, 6) is -0.128. The average Bonchev–Trinajstić information content (AvgIpc) is 2.81. The van der Waals surface area contributed by atoms with Crippen molar-refractivity contribution in [3.63, 3.8) is 0 Å². The predicted octanol–water partition coefficient (Wildman–Crippen LogP) is 2.80. The fraction of sp³-hybridized carbons (Fsp3) is 0.333. The van der Waals surface area contributed by atoms with Crippen LogP contribution in [0.3, 0.4) is 0 Å². The molecule has 2 aromatic carbocycles. The molecule has 0 unspecified atom stereocenters. The van der Waals surface area contributed by atoms with E-state index in [0.29, 0.717) is 43.0 Å². The number of phenolic OH excluding ortho intramolecular Hbond substituents is 1. The molecule has 32 heavy (non-hydrogen) atoms. The van der Waals surface area contributed by atoms with Crippen molar-refractivity contribution in [3.05, 3.63) is 70.6 Å². The number of phenols is 1. The summed E-state index contributed by atoms with van der Waals surface area (Å²) in [6.45, 7) is 11.4. The largest absolute Gasteiger partial charge is 0.507 e. The maximum absolute atomic E-state index is 12.6. The topological polar surface area (TPSA) is 89.6 Å². The van der Waals surface area contributed by atoms with Crippen molar-refractivity contribution in [1.82, 2.24) is 15.2 Å². The molecule has 166 valence electrons. The molecule has 2 aromatic rings. The third-order valence-corrected chi connectivity index (χ3v) is 5.33. The lowest BCUT2D eigenvalue weighted by molar-refractivity contribution is -0.122. The van der Waals surface area contributed by atoms with Crippen LogP contribution in [0.4, 0.5) is 5.69 Å². The summed E-state index contributed by atoms with van der Waals surface area (Å²) in [6.07, 6.45) is 3.15. The first-order valence-corrected chi connectivity index (χ1v) is 10.6. The van der Waals surface area contributed by atoms with Gasteiger partial charge in [-0.1, -0.05) is 49.7 Å². The quantitative estimate of drug-likeness (QED) is 0.399. The SMILES string of the molecule is [C-]#[N+]c1ccc(C(=O)N2CCN(CC(=O)N/N=C\c3cccc(CCC)c3O)CC2)cc1.